The lowest BCUT2D eigenvalue weighted by Gasteiger charge is -2.20. The third-order valence-electron chi connectivity index (χ3n) is 2.17. The number of nitrogens with zero attached hydrogens (tertiary/aromatic N) is 2. The van der Waals surface area contributed by atoms with Gasteiger partial charge in [-0.2, -0.15) is 5.26 Å². The van der Waals surface area contributed by atoms with E-state index in [2.05, 4.69) is 6.07 Å². The molecule has 3 heteroatoms. The second-order valence-electron chi connectivity index (χ2n) is 3.09. The molecule has 2 unspecified atom stereocenters. The summed E-state index contributed by atoms with van der Waals surface area (Å²) in [5.74, 6) is 0. The molecule has 2 atom stereocenters. The summed E-state index contributed by atoms with van der Waals surface area (Å²) in [6.45, 7) is 3.30. The van der Waals surface area contributed by atoms with Crippen molar-refractivity contribution in [2.45, 2.75) is 32.0 Å². The number of rotatable bonds is 2. The summed E-state index contributed by atoms with van der Waals surface area (Å²) in [4.78, 5) is 2.04. The van der Waals surface area contributed by atoms with Crippen LogP contribution in [-0.4, -0.2) is 30.2 Å². The number of hydrogen-bond acceptors (Lipinski definition) is 2. The fraction of sp³-hybridized carbons (Fsp3) is 0.875. The maximum Gasteiger partial charge on any atom is 0.114 e. The Morgan fingerprint density at radius 1 is 1.82 bits per heavy atom. The Morgan fingerprint density at radius 2 is 2.55 bits per heavy atom. The molecule has 0 bridgehead atoms. The highest BCUT2D eigenvalue weighted by Crippen LogP contribution is 2.16. The van der Waals surface area contributed by atoms with Gasteiger partial charge < -0.3 is 0 Å². The summed E-state index contributed by atoms with van der Waals surface area (Å²) >= 11 is 0. The highest BCUT2D eigenvalue weighted by Gasteiger charge is 2.24. The highest BCUT2D eigenvalue weighted by atomic mass is 19.1. The van der Waals surface area contributed by atoms with E-state index in [4.69, 9.17) is 5.26 Å². The first-order valence-corrected chi connectivity index (χ1v) is 3.99. The third-order valence-corrected chi connectivity index (χ3v) is 2.17. The highest BCUT2D eigenvalue weighted by molar-refractivity contribution is 4.84. The second-order valence-corrected chi connectivity index (χ2v) is 3.09. The van der Waals surface area contributed by atoms with Crippen LogP contribution in [0.2, 0.25) is 0 Å². The van der Waals surface area contributed by atoms with Crippen molar-refractivity contribution in [3.8, 4) is 6.07 Å². The van der Waals surface area contributed by atoms with Crippen LogP contribution >= 0.6 is 0 Å². The summed E-state index contributed by atoms with van der Waals surface area (Å²) < 4.78 is 12.6. The van der Waals surface area contributed by atoms with Crippen LogP contribution in [0.3, 0.4) is 0 Å². The lowest BCUT2D eigenvalue weighted by Crippen LogP contribution is -2.30. The van der Waals surface area contributed by atoms with Gasteiger partial charge in [0.05, 0.1) is 12.5 Å². The largest absolute Gasteiger partial charge is 0.297 e. The molecule has 1 aliphatic heterocycles. The van der Waals surface area contributed by atoms with E-state index in [-0.39, 0.29) is 6.04 Å². The standard InChI is InChI=1S/C8H13FN2/c1-7(2-4-10)11-5-3-8(9)6-11/h7-8H,2-3,5-6H2,1H3. The van der Waals surface area contributed by atoms with Gasteiger partial charge in [-0.15, -0.1) is 0 Å². The zero-order chi connectivity index (χ0) is 8.27. The minimum atomic E-state index is -0.670. The lowest BCUT2D eigenvalue weighted by atomic mass is 10.2. The van der Waals surface area contributed by atoms with Crippen molar-refractivity contribution in [1.82, 2.24) is 4.90 Å². The summed E-state index contributed by atoms with van der Waals surface area (Å²) in [5.41, 5.74) is 0. The zero-order valence-corrected chi connectivity index (χ0v) is 6.76. The fourth-order valence-corrected chi connectivity index (χ4v) is 1.40. The van der Waals surface area contributed by atoms with Crippen LogP contribution in [0.4, 0.5) is 4.39 Å². The molecule has 1 heterocycles. The molecular weight excluding hydrogens is 143 g/mol. The monoisotopic (exact) mass is 156 g/mol. The summed E-state index contributed by atoms with van der Waals surface area (Å²) in [6, 6.07) is 2.32. The maximum absolute atomic E-state index is 12.6. The molecule has 0 N–H and O–H groups in total. The maximum atomic E-state index is 12.6. The SMILES string of the molecule is CC(CC#N)N1CCC(F)C1. The van der Waals surface area contributed by atoms with Crippen LogP contribution < -0.4 is 0 Å². The van der Waals surface area contributed by atoms with Gasteiger partial charge in [0.25, 0.3) is 0 Å². The van der Waals surface area contributed by atoms with Crippen molar-refractivity contribution in [2.24, 2.45) is 0 Å². The summed E-state index contributed by atoms with van der Waals surface area (Å²) in [5, 5.41) is 8.39. The average Bonchev–Trinajstić information content (AvgIpc) is 2.36. The molecule has 11 heavy (non-hydrogen) atoms. The molecule has 1 fully saturated rings. The van der Waals surface area contributed by atoms with Crippen LogP contribution in [-0.2, 0) is 0 Å². The van der Waals surface area contributed by atoms with Gasteiger partial charge in [-0.3, -0.25) is 4.90 Å². The van der Waals surface area contributed by atoms with Gasteiger partial charge in [-0.05, 0) is 13.3 Å². The van der Waals surface area contributed by atoms with E-state index in [0.29, 0.717) is 19.4 Å². The van der Waals surface area contributed by atoms with Crippen molar-refractivity contribution < 1.29 is 4.39 Å². The smallest absolute Gasteiger partial charge is 0.114 e. The third kappa shape index (κ3) is 2.16. The Balaban J connectivity index is 2.32. The Labute approximate surface area is 66.6 Å². The van der Waals surface area contributed by atoms with Gasteiger partial charge in [0.1, 0.15) is 6.17 Å². The lowest BCUT2D eigenvalue weighted by molar-refractivity contribution is 0.235. The normalized spacial score (nSPS) is 28.3. The molecule has 0 aromatic rings. The van der Waals surface area contributed by atoms with Crippen LogP contribution in [0.5, 0.6) is 0 Å². The molecule has 0 aliphatic carbocycles. The predicted octanol–water partition coefficient (Wildman–Crippen LogP) is 1.33. The Morgan fingerprint density at radius 3 is 3.00 bits per heavy atom. The predicted molar refractivity (Wildman–Crippen MR) is 40.8 cm³/mol. The van der Waals surface area contributed by atoms with Crippen molar-refractivity contribution in [2.75, 3.05) is 13.1 Å². The number of hydrogen-bond donors (Lipinski definition) is 0. The van der Waals surface area contributed by atoms with Crippen molar-refractivity contribution in [3.05, 3.63) is 0 Å². The Hall–Kier alpha value is -0.620. The van der Waals surface area contributed by atoms with Gasteiger partial charge in [0.15, 0.2) is 0 Å². The molecule has 1 saturated heterocycles. The topological polar surface area (TPSA) is 27.0 Å². The van der Waals surface area contributed by atoms with E-state index in [0.717, 1.165) is 6.54 Å². The van der Waals surface area contributed by atoms with Crippen molar-refractivity contribution in [1.29, 1.82) is 5.26 Å². The first-order chi connectivity index (χ1) is 5.24. The molecule has 0 saturated carbocycles. The van der Waals surface area contributed by atoms with Gasteiger partial charge >= 0.3 is 0 Å². The molecule has 0 radical (unpaired) electrons. The number of halogens is 1. The minimum Gasteiger partial charge on any atom is -0.297 e. The average molecular weight is 156 g/mol. The van der Waals surface area contributed by atoms with Gasteiger partial charge in [0.2, 0.25) is 0 Å². The first kappa shape index (κ1) is 8.48. The van der Waals surface area contributed by atoms with E-state index in [1.807, 2.05) is 11.8 Å². The number of alkyl halides is 1. The van der Waals surface area contributed by atoms with E-state index in [1.165, 1.54) is 0 Å². The second kappa shape index (κ2) is 3.68. The quantitative estimate of drug-likeness (QED) is 0.603. The van der Waals surface area contributed by atoms with Gasteiger partial charge in [0, 0.05) is 19.1 Å². The molecule has 0 aromatic heterocycles. The molecule has 0 aromatic carbocycles. The van der Waals surface area contributed by atoms with Crippen LogP contribution in [0, 0.1) is 11.3 Å². The number of nitriles is 1. The van der Waals surface area contributed by atoms with Crippen LogP contribution in [0.15, 0.2) is 0 Å². The Kier molecular flexibility index (Phi) is 2.84. The van der Waals surface area contributed by atoms with E-state index in [9.17, 15) is 4.39 Å². The summed E-state index contributed by atoms with van der Waals surface area (Å²) in [7, 11) is 0. The van der Waals surface area contributed by atoms with Crippen LogP contribution in [0.25, 0.3) is 0 Å². The summed E-state index contributed by atoms with van der Waals surface area (Å²) in [6.07, 6.45) is 0.471. The molecule has 62 valence electrons. The molecule has 0 amide bonds. The van der Waals surface area contributed by atoms with Gasteiger partial charge in [-0.1, -0.05) is 0 Å². The number of likely N-dealkylation sites (tertiary alicyclic amines) is 1. The first-order valence-electron chi connectivity index (χ1n) is 3.99. The van der Waals surface area contributed by atoms with Crippen molar-refractivity contribution >= 4 is 0 Å². The van der Waals surface area contributed by atoms with Gasteiger partial charge in [-0.25, -0.2) is 4.39 Å². The van der Waals surface area contributed by atoms with E-state index >= 15 is 0 Å². The minimum absolute atomic E-state index is 0.223. The molecule has 1 rings (SSSR count). The molecular formula is C8H13FN2. The fourth-order valence-electron chi connectivity index (χ4n) is 1.40. The van der Waals surface area contributed by atoms with E-state index < -0.39 is 6.17 Å². The molecule has 1 aliphatic rings. The van der Waals surface area contributed by atoms with Crippen molar-refractivity contribution in [3.63, 3.8) is 0 Å². The Bertz CT molecular complexity index is 164. The zero-order valence-electron chi connectivity index (χ0n) is 6.76. The van der Waals surface area contributed by atoms with E-state index in [1.54, 1.807) is 0 Å². The molecule has 2 nitrogen and oxygen atoms in total. The molecule has 0 spiro atoms. The van der Waals surface area contributed by atoms with Crippen LogP contribution in [0.1, 0.15) is 19.8 Å².